The van der Waals surface area contributed by atoms with Gasteiger partial charge in [-0.1, -0.05) is 43.3 Å². The Labute approximate surface area is 95.9 Å². The predicted molar refractivity (Wildman–Crippen MR) is 67.0 cm³/mol. The van der Waals surface area contributed by atoms with E-state index in [0.29, 0.717) is 5.70 Å². The molecule has 0 bridgehead atoms. The van der Waals surface area contributed by atoms with Gasteiger partial charge in [-0.25, -0.2) is 0 Å². The molecule has 1 aromatic carbocycles. The number of aliphatic imine (C=N–C) groups is 1. The number of nitrogens with two attached hydrogens (primary N) is 2. The van der Waals surface area contributed by atoms with Crippen molar-refractivity contribution < 1.29 is 0 Å². The van der Waals surface area contributed by atoms with Gasteiger partial charge in [0.2, 0.25) is 0 Å². The van der Waals surface area contributed by atoms with Gasteiger partial charge in [0.25, 0.3) is 0 Å². The highest BCUT2D eigenvalue weighted by Gasteiger charge is 2.31. The van der Waals surface area contributed by atoms with E-state index in [0.717, 1.165) is 6.42 Å². The highest BCUT2D eigenvalue weighted by Crippen LogP contribution is 2.30. The SMILES string of the molecule is CC1(Cc2ccccc2)C=C(N)C=NC1N. The number of allylic oxidation sites excluding steroid dienone is 1. The Kier molecular flexibility index (Phi) is 2.79. The standard InChI is InChI=1S/C13H17N3/c1-13(7-10-5-3-2-4-6-10)8-11(14)9-16-12(13)15/h2-6,8-9,12H,7,14-15H2,1H3. The van der Waals surface area contributed by atoms with Crippen LogP contribution >= 0.6 is 0 Å². The Morgan fingerprint density at radius 2 is 2.00 bits per heavy atom. The lowest BCUT2D eigenvalue weighted by Gasteiger charge is -2.32. The van der Waals surface area contributed by atoms with Crippen molar-refractivity contribution in [3.63, 3.8) is 0 Å². The molecule has 0 spiro atoms. The van der Waals surface area contributed by atoms with Crippen molar-refractivity contribution in [2.75, 3.05) is 0 Å². The van der Waals surface area contributed by atoms with Gasteiger partial charge >= 0.3 is 0 Å². The molecule has 3 heteroatoms. The molecule has 0 aromatic heterocycles. The van der Waals surface area contributed by atoms with Crippen molar-refractivity contribution >= 4 is 6.21 Å². The molecule has 2 atom stereocenters. The fourth-order valence-corrected chi connectivity index (χ4v) is 2.03. The van der Waals surface area contributed by atoms with Crippen molar-refractivity contribution in [2.24, 2.45) is 21.9 Å². The average Bonchev–Trinajstić information content (AvgIpc) is 2.25. The summed E-state index contributed by atoms with van der Waals surface area (Å²) in [5.41, 5.74) is 13.6. The molecule has 84 valence electrons. The number of benzene rings is 1. The van der Waals surface area contributed by atoms with Gasteiger partial charge in [0.1, 0.15) is 6.17 Å². The van der Waals surface area contributed by atoms with Gasteiger partial charge in [0.15, 0.2) is 0 Å². The molecule has 2 unspecified atom stereocenters. The third-order valence-electron chi connectivity index (χ3n) is 2.98. The summed E-state index contributed by atoms with van der Waals surface area (Å²) in [7, 11) is 0. The topological polar surface area (TPSA) is 64.4 Å². The molecule has 1 aliphatic heterocycles. The normalized spacial score (nSPS) is 28.9. The van der Waals surface area contributed by atoms with Gasteiger partial charge in [-0.2, -0.15) is 0 Å². The Hall–Kier alpha value is -1.61. The highest BCUT2D eigenvalue weighted by molar-refractivity contribution is 5.78. The Bertz CT molecular complexity index is 422. The first-order chi connectivity index (χ1) is 7.60. The fourth-order valence-electron chi connectivity index (χ4n) is 2.03. The van der Waals surface area contributed by atoms with Crippen LogP contribution in [0, 0.1) is 5.41 Å². The monoisotopic (exact) mass is 215 g/mol. The summed E-state index contributed by atoms with van der Waals surface area (Å²) in [6.45, 7) is 2.09. The summed E-state index contributed by atoms with van der Waals surface area (Å²) in [6.07, 6.45) is 4.28. The molecule has 0 saturated heterocycles. The molecule has 1 heterocycles. The van der Waals surface area contributed by atoms with Crippen LogP contribution in [0.3, 0.4) is 0 Å². The van der Waals surface area contributed by atoms with E-state index < -0.39 is 0 Å². The summed E-state index contributed by atoms with van der Waals surface area (Å²) in [6, 6.07) is 10.3. The molecule has 0 saturated carbocycles. The minimum Gasteiger partial charge on any atom is -0.398 e. The third-order valence-corrected chi connectivity index (χ3v) is 2.98. The average molecular weight is 215 g/mol. The van der Waals surface area contributed by atoms with E-state index in [-0.39, 0.29) is 11.6 Å². The highest BCUT2D eigenvalue weighted by atomic mass is 15.0. The van der Waals surface area contributed by atoms with E-state index in [1.165, 1.54) is 5.56 Å². The van der Waals surface area contributed by atoms with Crippen molar-refractivity contribution in [1.82, 2.24) is 0 Å². The minimum absolute atomic E-state index is 0.194. The number of rotatable bonds is 2. The van der Waals surface area contributed by atoms with Crippen LogP contribution in [0.2, 0.25) is 0 Å². The maximum absolute atomic E-state index is 6.03. The molecule has 0 radical (unpaired) electrons. The molecule has 2 rings (SSSR count). The van der Waals surface area contributed by atoms with Gasteiger partial charge in [-0.3, -0.25) is 4.99 Å². The zero-order chi connectivity index (χ0) is 11.6. The van der Waals surface area contributed by atoms with Crippen LogP contribution < -0.4 is 11.5 Å². The number of hydrogen-bond acceptors (Lipinski definition) is 3. The van der Waals surface area contributed by atoms with Crippen LogP contribution in [-0.4, -0.2) is 12.4 Å². The van der Waals surface area contributed by atoms with Crippen molar-refractivity contribution in [3.8, 4) is 0 Å². The molecule has 0 aliphatic carbocycles. The Balaban J connectivity index is 2.23. The first kappa shape index (κ1) is 10.9. The minimum atomic E-state index is -0.222. The lowest BCUT2D eigenvalue weighted by Crippen LogP contribution is -2.41. The second kappa shape index (κ2) is 4.10. The summed E-state index contributed by atoms with van der Waals surface area (Å²) in [4.78, 5) is 4.22. The van der Waals surface area contributed by atoms with Crippen LogP contribution in [0.25, 0.3) is 0 Å². The largest absolute Gasteiger partial charge is 0.398 e. The predicted octanol–water partition coefficient (Wildman–Crippen LogP) is 1.45. The van der Waals surface area contributed by atoms with E-state index >= 15 is 0 Å². The molecule has 1 aliphatic rings. The Morgan fingerprint density at radius 3 is 2.69 bits per heavy atom. The fraction of sp³-hybridized carbons (Fsp3) is 0.308. The summed E-state index contributed by atoms with van der Waals surface area (Å²) >= 11 is 0. The Morgan fingerprint density at radius 1 is 1.31 bits per heavy atom. The van der Waals surface area contributed by atoms with Crippen LogP contribution in [0.4, 0.5) is 0 Å². The van der Waals surface area contributed by atoms with Gasteiger partial charge in [0.05, 0.1) is 0 Å². The molecular weight excluding hydrogens is 198 g/mol. The lowest BCUT2D eigenvalue weighted by molar-refractivity contribution is 0.336. The van der Waals surface area contributed by atoms with E-state index in [4.69, 9.17) is 11.5 Å². The second-order valence-electron chi connectivity index (χ2n) is 4.54. The summed E-state index contributed by atoms with van der Waals surface area (Å²) in [5, 5.41) is 0. The van der Waals surface area contributed by atoms with E-state index in [2.05, 4.69) is 24.0 Å². The van der Waals surface area contributed by atoms with Crippen LogP contribution in [0.15, 0.2) is 47.1 Å². The van der Waals surface area contributed by atoms with E-state index in [1.807, 2.05) is 24.3 Å². The number of nitrogens with zero attached hydrogens (tertiary/aromatic N) is 1. The number of hydrogen-bond donors (Lipinski definition) is 2. The zero-order valence-electron chi connectivity index (χ0n) is 9.43. The first-order valence-corrected chi connectivity index (χ1v) is 5.41. The molecular formula is C13H17N3. The third kappa shape index (κ3) is 2.14. The van der Waals surface area contributed by atoms with Gasteiger partial charge in [-0.15, -0.1) is 0 Å². The lowest BCUT2D eigenvalue weighted by atomic mass is 9.79. The van der Waals surface area contributed by atoms with Crippen molar-refractivity contribution in [2.45, 2.75) is 19.5 Å². The van der Waals surface area contributed by atoms with Crippen molar-refractivity contribution in [3.05, 3.63) is 47.7 Å². The van der Waals surface area contributed by atoms with Crippen molar-refractivity contribution in [1.29, 1.82) is 0 Å². The summed E-state index contributed by atoms with van der Waals surface area (Å²) in [5.74, 6) is 0. The van der Waals surface area contributed by atoms with Gasteiger partial charge in [-0.05, 0) is 12.0 Å². The molecule has 0 amide bonds. The first-order valence-electron chi connectivity index (χ1n) is 5.41. The molecule has 0 fully saturated rings. The zero-order valence-corrected chi connectivity index (χ0v) is 9.43. The van der Waals surface area contributed by atoms with Gasteiger partial charge < -0.3 is 11.5 Å². The molecule has 3 nitrogen and oxygen atoms in total. The van der Waals surface area contributed by atoms with Crippen LogP contribution in [0.5, 0.6) is 0 Å². The molecule has 16 heavy (non-hydrogen) atoms. The van der Waals surface area contributed by atoms with Gasteiger partial charge in [0, 0.05) is 17.3 Å². The molecule has 4 N–H and O–H groups in total. The van der Waals surface area contributed by atoms with Crippen LogP contribution in [-0.2, 0) is 6.42 Å². The van der Waals surface area contributed by atoms with E-state index in [1.54, 1.807) is 6.21 Å². The second-order valence-corrected chi connectivity index (χ2v) is 4.54. The quantitative estimate of drug-likeness (QED) is 0.784. The maximum Gasteiger partial charge on any atom is 0.106 e. The number of dihydropyridines is 1. The summed E-state index contributed by atoms with van der Waals surface area (Å²) < 4.78 is 0. The van der Waals surface area contributed by atoms with Crippen LogP contribution in [0.1, 0.15) is 12.5 Å². The maximum atomic E-state index is 6.03. The smallest absolute Gasteiger partial charge is 0.106 e. The van der Waals surface area contributed by atoms with E-state index in [9.17, 15) is 0 Å². The molecule has 1 aromatic rings.